The van der Waals surface area contributed by atoms with Crippen molar-refractivity contribution in [3.8, 4) is 5.75 Å². The number of carbonyl (C=O) groups is 1. The van der Waals surface area contributed by atoms with Crippen LogP contribution in [0.2, 0.25) is 0 Å². The molecule has 0 heterocycles. The maximum absolute atomic E-state index is 11.5. The third-order valence-corrected chi connectivity index (χ3v) is 4.25. The third-order valence-electron chi connectivity index (χ3n) is 3.63. The average molecular weight is 299 g/mol. The fourth-order valence-corrected chi connectivity index (χ4v) is 2.96. The normalized spacial score (nSPS) is 17.4. The first-order valence-electron chi connectivity index (χ1n) is 5.59. The summed E-state index contributed by atoms with van der Waals surface area (Å²) in [5.74, 6) is 0.0232. The molecule has 1 N–H and O–H groups in total. The van der Waals surface area contributed by atoms with Gasteiger partial charge >= 0.3 is 5.97 Å². The standard InChI is InChI=1S/C13H15BrO3/c1-8-6-11(17-2)10(14)7-9(8)13(12(15)16)4-3-5-13/h6-7H,3-5H2,1-2H3,(H,15,16). The van der Waals surface area contributed by atoms with Gasteiger partial charge in [0, 0.05) is 0 Å². The van der Waals surface area contributed by atoms with Crippen LogP contribution in [-0.4, -0.2) is 18.2 Å². The Bertz CT molecular complexity index is 464. The quantitative estimate of drug-likeness (QED) is 0.931. The van der Waals surface area contributed by atoms with Gasteiger partial charge < -0.3 is 9.84 Å². The second-order valence-electron chi connectivity index (χ2n) is 4.54. The van der Waals surface area contributed by atoms with Crippen molar-refractivity contribution in [1.29, 1.82) is 0 Å². The summed E-state index contributed by atoms with van der Waals surface area (Å²) in [6, 6.07) is 3.78. The van der Waals surface area contributed by atoms with Crippen LogP contribution in [0.5, 0.6) is 5.75 Å². The molecule has 2 rings (SSSR count). The molecule has 0 saturated heterocycles. The molecule has 1 aliphatic carbocycles. The fourth-order valence-electron chi connectivity index (χ4n) is 2.46. The summed E-state index contributed by atoms with van der Waals surface area (Å²) in [5, 5.41) is 9.43. The summed E-state index contributed by atoms with van der Waals surface area (Å²) in [5.41, 5.74) is 1.20. The van der Waals surface area contributed by atoms with E-state index >= 15 is 0 Å². The second-order valence-corrected chi connectivity index (χ2v) is 5.40. The van der Waals surface area contributed by atoms with Gasteiger partial charge in [-0.1, -0.05) is 6.42 Å². The first-order valence-corrected chi connectivity index (χ1v) is 6.38. The zero-order valence-corrected chi connectivity index (χ0v) is 11.5. The molecule has 0 bridgehead atoms. The highest BCUT2D eigenvalue weighted by molar-refractivity contribution is 9.10. The first kappa shape index (κ1) is 12.4. The summed E-state index contributed by atoms with van der Waals surface area (Å²) >= 11 is 3.42. The van der Waals surface area contributed by atoms with Crippen molar-refractivity contribution >= 4 is 21.9 Å². The Balaban J connectivity index is 2.52. The van der Waals surface area contributed by atoms with Crippen molar-refractivity contribution in [3.63, 3.8) is 0 Å². The van der Waals surface area contributed by atoms with E-state index in [1.165, 1.54) is 0 Å². The molecule has 3 nitrogen and oxygen atoms in total. The van der Waals surface area contributed by atoms with Gasteiger partial charge in [-0.05, 0) is 59.0 Å². The van der Waals surface area contributed by atoms with Crippen molar-refractivity contribution in [3.05, 3.63) is 27.7 Å². The van der Waals surface area contributed by atoms with Crippen LogP contribution in [0.1, 0.15) is 30.4 Å². The maximum Gasteiger partial charge on any atom is 0.314 e. The lowest BCUT2D eigenvalue weighted by Crippen LogP contribution is -2.42. The maximum atomic E-state index is 11.5. The van der Waals surface area contributed by atoms with Gasteiger partial charge in [-0.2, -0.15) is 0 Å². The van der Waals surface area contributed by atoms with Crippen LogP contribution in [0, 0.1) is 6.92 Å². The van der Waals surface area contributed by atoms with E-state index in [9.17, 15) is 9.90 Å². The van der Waals surface area contributed by atoms with Crippen LogP contribution in [0.15, 0.2) is 16.6 Å². The number of halogens is 1. The minimum atomic E-state index is -0.719. The van der Waals surface area contributed by atoms with E-state index < -0.39 is 11.4 Å². The minimum absolute atomic E-state index is 0.682. The molecule has 1 fully saturated rings. The molecule has 0 amide bonds. The Morgan fingerprint density at radius 3 is 2.53 bits per heavy atom. The summed E-state index contributed by atoms with van der Waals surface area (Å²) in [4.78, 5) is 11.5. The highest BCUT2D eigenvalue weighted by Gasteiger charge is 2.46. The first-order chi connectivity index (χ1) is 8.01. The monoisotopic (exact) mass is 298 g/mol. The third kappa shape index (κ3) is 1.84. The number of rotatable bonds is 3. The lowest BCUT2D eigenvalue weighted by molar-refractivity contribution is -0.147. The molecular formula is C13H15BrO3. The molecule has 92 valence electrons. The largest absolute Gasteiger partial charge is 0.496 e. The van der Waals surface area contributed by atoms with E-state index in [0.29, 0.717) is 0 Å². The van der Waals surface area contributed by atoms with Crippen LogP contribution in [0.25, 0.3) is 0 Å². The number of aliphatic carboxylic acids is 1. The molecule has 0 aliphatic heterocycles. The number of methoxy groups -OCH3 is 1. The van der Waals surface area contributed by atoms with Gasteiger partial charge in [0.25, 0.3) is 0 Å². The van der Waals surface area contributed by atoms with Gasteiger partial charge in [0.05, 0.1) is 17.0 Å². The Kier molecular flexibility index (Phi) is 3.17. The van der Waals surface area contributed by atoms with Gasteiger partial charge in [0.1, 0.15) is 5.75 Å². The molecule has 1 aromatic carbocycles. The van der Waals surface area contributed by atoms with Crippen molar-refractivity contribution in [2.24, 2.45) is 0 Å². The molecule has 0 spiro atoms. The number of carboxylic acid groups (broad SMARTS) is 1. The predicted octanol–water partition coefficient (Wildman–Crippen LogP) is 3.27. The number of ether oxygens (including phenoxy) is 1. The molecule has 0 aromatic heterocycles. The topological polar surface area (TPSA) is 46.5 Å². The molecule has 0 atom stereocenters. The van der Waals surface area contributed by atoms with Gasteiger partial charge in [-0.3, -0.25) is 4.79 Å². The van der Waals surface area contributed by atoms with Crippen LogP contribution in [-0.2, 0) is 10.2 Å². The number of benzene rings is 1. The lowest BCUT2D eigenvalue weighted by Gasteiger charge is -2.39. The number of carboxylic acids is 1. The summed E-state index contributed by atoms with van der Waals surface area (Å²) in [6.07, 6.45) is 2.43. The zero-order chi connectivity index (χ0) is 12.6. The zero-order valence-electron chi connectivity index (χ0n) is 9.92. The molecule has 17 heavy (non-hydrogen) atoms. The smallest absolute Gasteiger partial charge is 0.314 e. The Labute approximate surface area is 109 Å². The molecule has 0 unspecified atom stereocenters. The van der Waals surface area contributed by atoms with E-state index in [4.69, 9.17) is 4.74 Å². The van der Waals surface area contributed by atoms with Crippen LogP contribution in [0.3, 0.4) is 0 Å². The highest BCUT2D eigenvalue weighted by atomic mass is 79.9. The average Bonchev–Trinajstić information content (AvgIpc) is 2.20. The fraction of sp³-hybridized carbons (Fsp3) is 0.462. The van der Waals surface area contributed by atoms with Crippen molar-refractivity contribution in [2.75, 3.05) is 7.11 Å². The molecule has 1 aliphatic rings. The van der Waals surface area contributed by atoms with Crippen molar-refractivity contribution < 1.29 is 14.6 Å². The molecular weight excluding hydrogens is 284 g/mol. The van der Waals surface area contributed by atoms with Gasteiger partial charge in [0.2, 0.25) is 0 Å². The minimum Gasteiger partial charge on any atom is -0.496 e. The Morgan fingerprint density at radius 2 is 2.12 bits per heavy atom. The van der Waals surface area contributed by atoms with Gasteiger partial charge in [-0.25, -0.2) is 0 Å². The van der Waals surface area contributed by atoms with Crippen molar-refractivity contribution in [1.82, 2.24) is 0 Å². The highest BCUT2D eigenvalue weighted by Crippen LogP contribution is 2.47. The number of hydrogen-bond acceptors (Lipinski definition) is 2. The van der Waals surface area contributed by atoms with Gasteiger partial charge in [-0.15, -0.1) is 0 Å². The van der Waals surface area contributed by atoms with E-state index in [-0.39, 0.29) is 0 Å². The number of hydrogen-bond donors (Lipinski definition) is 1. The SMILES string of the molecule is COc1cc(C)c(C2(C(=O)O)CCC2)cc1Br. The predicted molar refractivity (Wildman–Crippen MR) is 68.6 cm³/mol. The van der Waals surface area contributed by atoms with E-state index in [2.05, 4.69) is 15.9 Å². The molecule has 4 heteroatoms. The lowest BCUT2D eigenvalue weighted by atomic mass is 9.63. The van der Waals surface area contributed by atoms with Crippen molar-refractivity contribution in [2.45, 2.75) is 31.6 Å². The summed E-state index contributed by atoms with van der Waals surface area (Å²) < 4.78 is 6.02. The van der Waals surface area contributed by atoms with Crippen LogP contribution in [0.4, 0.5) is 0 Å². The van der Waals surface area contributed by atoms with E-state index in [0.717, 1.165) is 40.6 Å². The van der Waals surface area contributed by atoms with Crippen LogP contribution >= 0.6 is 15.9 Å². The van der Waals surface area contributed by atoms with Gasteiger partial charge in [0.15, 0.2) is 0 Å². The summed E-state index contributed by atoms with van der Waals surface area (Å²) in [7, 11) is 1.61. The Hall–Kier alpha value is -1.03. The number of aryl methyl sites for hydroxylation is 1. The van der Waals surface area contributed by atoms with E-state index in [1.807, 2.05) is 19.1 Å². The molecule has 0 radical (unpaired) electrons. The Morgan fingerprint density at radius 1 is 1.47 bits per heavy atom. The van der Waals surface area contributed by atoms with Crippen LogP contribution < -0.4 is 4.74 Å². The molecule has 1 saturated carbocycles. The summed E-state index contributed by atoms with van der Waals surface area (Å²) in [6.45, 7) is 1.94. The molecule has 1 aromatic rings. The second kappa shape index (κ2) is 4.33. The van der Waals surface area contributed by atoms with E-state index in [1.54, 1.807) is 7.11 Å².